The number of carbonyl (C=O) groups is 1. The van der Waals surface area contributed by atoms with Crippen molar-refractivity contribution in [3.63, 3.8) is 0 Å². The maximum atomic E-state index is 13.9. The molecule has 0 saturated heterocycles. The summed E-state index contributed by atoms with van der Waals surface area (Å²) >= 11 is 0. The monoisotopic (exact) mass is 454 g/mol. The van der Waals surface area contributed by atoms with Gasteiger partial charge < -0.3 is 16.0 Å². The van der Waals surface area contributed by atoms with Crippen LogP contribution in [0.1, 0.15) is 41.7 Å². The van der Waals surface area contributed by atoms with E-state index in [1.54, 1.807) is 6.07 Å². The first-order valence-electron chi connectivity index (χ1n) is 10.6. The molecule has 0 spiro atoms. The van der Waals surface area contributed by atoms with Gasteiger partial charge in [-0.25, -0.2) is 0 Å². The lowest BCUT2D eigenvalue weighted by Gasteiger charge is -2.31. The molecular formula is C25H25F3N4O. The zero-order chi connectivity index (χ0) is 23.6. The highest BCUT2D eigenvalue weighted by Gasteiger charge is 2.53. The van der Waals surface area contributed by atoms with Crippen molar-refractivity contribution in [3.8, 4) is 0 Å². The second kappa shape index (κ2) is 8.86. The van der Waals surface area contributed by atoms with E-state index >= 15 is 0 Å². The van der Waals surface area contributed by atoms with Gasteiger partial charge in [0.25, 0.3) is 0 Å². The van der Waals surface area contributed by atoms with Crippen molar-refractivity contribution in [2.24, 2.45) is 5.73 Å². The van der Waals surface area contributed by atoms with E-state index in [-0.39, 0.29) is 11.7 Å². The molecule has 172 valence electrons. The molecule has 1 aliphatic carbocycles. The van der Waals surface area contributed by atoms with Gasteiger partial charge in [0.1, 0.15) is 0 Å². The van der Waals surface area contributed by atoms with Crippen molar-refractivity contribution in [2.45, 2.75) is 36.6 Å². The number of amides is 1. The molecule has 1 aromatic heterocycles. The quantitative estimate of drug-likeness (QED) is 0.536. The average molecular weight is 454 g/mol. The van der Waals surface area contributed by atoms with Crippen LogP contribution in [0.25, 0.3) is 0 Å². The van der Waals surface area contributed by atoms with Crippen LogP contribution in [-0.2, 0) is 4.79 Å². The third-order valence-corrected chi connectivity index (χ3v) is 5.88. The minimum Gasteiger partial charge on any atom is -0.373 e. The molecule has 1 heterocycles. The Hall–Kier alpha value is -3.39. The van der Waals surface area contributed by atoms with Gasteiger partial charge in [-0.1, -0.05) is 60.7 Å². The molecule has 0 radical (unpaired) electrons. The summed E-state index contributed by atoms with van der Waals surface area (Å²) in [5.74, 6) is -0.720. The van der Waals surface area contributed by atoms with Crippen molar-refractivity contribution >= 4 is 11.6 Å². The van der Waals surface area contributed by atoms with E-state index in [1.807, 2.05) is 60.7 Å². The number of halogens is 3. The van der Waals surface area contributed by atoms with Crippen LogP contribution >= 0.6 is 0 Å². The topological polar surface area (TPSA) is 71.2 Å². The summed E-state index contributed by atoms with van der Waals surface area (Å²) in [6.45, 7) is 0. The largest absolute Gasteiger partial charge is 0.414 e. The zero-order valence-electron chi connectivity index (χ0n) is 18.1. The normalized spacial score (nSPS) is 15.7. The van der Waals surface area contributed by atoms with Crippen molar-refractivity contribution in [1.82, 2.24) is 9.88 Å². The van der Waals surface area contributed by atoms with Crippen LogP contribution in [0.5, 0.6) is 0 Å². The molecule has 4 rings (SSSR count). The number of alkyl halides is 3. The number of benzene rings is 2. The van der Waals surface area contributed by atoms with Crippen LogP contribution < -0.4 is 11.1 Å². The summed E-state index contributed by atoms with van der Waals surface area (Å²) in [7, 11) is 1.13. The van der Waals surface area contributed by atoms with E-state index in [0.717, 1.165) is 18.2 Å². The Morgan fingerprint density at radius 3 is 1.97 bits per heavy atom. The van der Waals surface area contributed by atoms with Gasteiger partial charge in [0, 0.05) is 7.05 Å². The summed E-state index contributed by atoms with van der Waals surface area (Å²) in [4.78, 5) is 17.2. The minimum atomic E-state index is -4.69. The minimum absolute atomic E-state index is 0.213. The van der Waals surface area contributed by atoms with Crippen molar-refractivity contribution in [1.29, 1.82) is 0 Å². The van der Waals surface area contributed by atoms with Gasteiger partial charge >= 0.3 is 6.18 Å². The first kappa shape index (κ1) is 22.8. The number of rotatable bonds is 7. The van der Waals surface area contributed by atoms with Gasteiger partial charge in [0.2, 0.25) is 5.91 Å². The molecular weight excluding hydrogens is 429 g/mol. The number of likely N-dealkylation sites (N-methyl/N-ethyl adjacent to an activating group) is 1. The molecule has 0 unspecified atom stereocenters. The molecule has 2 aromatic carbocycles. The molecule has 33 heavy (non-hydrogen) atoms. The first-order chi connectivity index (χ1) is 15.7. The smallest absolute Gasteiger partial charge is 0.373 e. The van der Waals surface area contributed by atoms with E-state index in [0.29, 0.717) is 23.4 Å². The fourth-order valence-corrected chi connectivity index (χ4v) is 3.87. The van der Waals surface area contributed by atoms with Crippen LogP contribution in [-0.4, -0.2) is 34.6 Å². The second-order valence-corrected chi connectivity index (χ2v) is 8.39. The molecule has 1 amide bonds. The molecule has 5 nitrogen and oxygen atoms in total. The number of nitrogens with two attached hydrogens (primary N) is 1. The van der Waals surface area contributed by atoms with E-state index in [4.69, 9.17) is 5.73 Å². The van der Waals surface area contributed by atoms with E-state index in [2.05, 4.69) is 10.3 Å². The van der Waals surface area contributed by atoms with E-state index < -0.39 is 23.7 Å². The Morgan fingerprint density at radius 2 is 1.55 bits per heavy atom. The Labute approximate surface area is 190 Å². The maximum Gasteiger partial charge on any atom is 0.414 e. The third kappa shape index (κ3) is 5.01. The van der Waals surface area contributed by atoms with E-state index in [1.165, 1.54) is 12.3 Å². The Kier molecular flexibility index (Phi) is 6.12. The fraction of sp³-hybridized carbons (Fsp3) is 0.280. The molecule has 1 aliphatic rings. The number of hydrogen-bond donors (Lipinski definition) is 2. The molecule has 8 heteroatoms. The lowest BCUT2D eigenvalue weighted by atomic mass is 9.98. The summed E-state index contributed by atoms with van der Waals surface area (Å²) in [6.07, 6.45) is -2.55. The Bertz CT molecular complexity index is 1040. The SMILES string of the molecule is CN(C(=O)C1(N)CC1)[C@@H](c1ccc(NC(c2ccccc2)c2ccccc2)cn1)C(F)(F)F. The van der Waals surface area contributed by atoms with E-state index in [9.17, 15) is 18.0 Å². The number of carbonyl (C=O) groups excluding carboxylic acids is 1. The maximum absolute atomic E-state index is 13.9. The number of anilines is 1. The van der Waals surface area contributed by atoms with Gasteiger partial charge in [0.05, 0.1) is 29.2 Å². The average Bonchev–Trinajstić information content (AvgIpc) is 3.56. The molecule has 1 saturated carbocycles. The second-order valence-electron chi connectivity index (χ2n) is 8.39. The summed E-state index contributed by atoms with van der Waals surface area (Å²) in [5, 5.41) is 3.36. The summed E-state index contributed by atoms with van der Waals surface area (Å²) < 4.78 is 41.7. The van der Waals surface area contributed by atoms with Crippen LogP contribution in [0.4, 0.5) is 18.9 Å². The molecule has 0 aliphatic heterocycles. The van der Waals surface area contributed by atoms with Crippen LogP contribution in [0, 0.1) is 0 Å². The predicted molar refractivity (Wildman–Crippen MR) is 120 cm³/mol. The highest BCUT2D eigenvalue weighted by atomic mass is 19.4. The van der Waals surface area contributed by atoms with Crippen LogP contribution in [0.2, 0.25) is 0 Å². The molecule has 1 fully saturated rings. The lowest BCUT2D eigenvalue weighted by Crippen LogP contribution is -2.49. The Balaban J connectivity index is 1.60. The van der Waals surface area contributed by atoms with Crippen LogP contribution in [0.15, 0.2) is 79.0 Å². The number of aromatic nitrogens is 1. The molecule has 3 aromatic rings. The molecule has 1 atom stereocenters. The third-order valence-electron chi connectivity index (χ3n) is 5.88. The van der Waals surface area contributed by atoms with Crippen molar-refractivity contribution < 1.29 is 18.0 Å². The number of pyridine rings is 1. The van der Waals surface area contributed by atoms with Gasteiger partial charge in [0.15, 0.2) is 6.04 Å². The number of nitrogens with zero attached hydrogens (tertiary/aromatic N) is 2. The lowest BCUT2D eigenvalue weighted by molar-refractivity contribution is -0.190. The summed E-state index contributed by atoms with van der Waals surface area (Å²) in [6, 6.07) is 19.9. The van der Waals surface area contributed by atoms with Gasteiger partial charge in [-0.15, -0.1) is 0 Å². The van der Waals surface area contributed by atoms with Gasteiger partial charge in [-0.3, -0.25) is 9.78 Å². The molecule has 3 N–H and O–H groups in total. The fourth-order valence-electron chi connectivity index (χ4n) is 3.87. The highest BCUT2D eigenvalue weighted by molar-refractivity contribution is 5.89. The highest BCUT2D eigenvalue weighted by Crippen LogP contribution is 2.41. The molecule has 0 bridgehead atoms. The Morgan fingerprint density at radius 1 is 1.00 bits per heavy atom. The number of hydrogen-bond acceptors (Lipinski definition) is 4. The zero-order valence-corrected chi connectivity index (χ0v) is 18.1. The van der Waals surface area contributed by atoms with Crippen molar-refractivity contribution in [2.75, 3.05) is 12.4 Å². The number of nitrogens with one attached hydrogen (secondary N) is 1. The van der Waals surface area contributed by atoms with Gasteiger partial charge in [-0.2, -0.15) is 13.2 Å². The summed E-state index contributed by atoms with van der Waals surface area (Å²) in [5.41, 5.74) is 6.96. The van der Waals surface area contributed by atoms with Crippen LogP contribution in [0.3, 0.4) is 0 Å². The van der Waals surface area contributed by atoms with Crippen molar-refractivity contribution in [3.05, 3.63) is 95.8 Å². The van der Waals surface area contributed by atoms with Gasteiger partial charge in [-0.05, 0) is 36.1 Å². The standard InChI is InChI=1S/C25H25F3N4O/c1-32(23(33)24(29)14-15-24)22(25(26,27)28)20-13-12-19(16-30-20)31-21(17-8-4-2-5-9-17)18-10-6-3-7-11-18/h2-13,16,21-22,31H,14-15,29H2,1H3/t22-/m0/s1. The predicted octanol–water partition coefficient (Wildman–Crippen LogP) is 4.84. The first-order valence-corrected chi connectivity index (χ1v) is 10.6.